The van der Waals surface area contributed by atoms with Gasteiger partial charge in [0.2, 0.25) is 0 Å². The summed E-state index contributed by atoms with van der Waals surface area (Å²) in [6.07, 6.45) is 0.668. The standard InChI is InChI=1S/C19H20FN5O/c1-11-9-16(13-5-4-6-14(20)18(13)21-11)22-15-7-8-25(19(15)26)17-10-12(2)23-24(17)3/h4-6,9-10,15H,7-8H2,1-3H3,(H,21,22). The Morgan fingerprint density at radius 1 is 1.23 bits per heavy atom. The zero-order valence-electron chi connectivity index (χ0n) is 15.0. The Morgan fingerprint density at radius 3 is 2.77 bits per heavy atom. The minimum atomic E-state index is -0.363. The second-order valence-electron chi connectivity index (χ2n) is 6.69. The molecular formula is C19H20FN5O. The lowest BCUT2D eigenvalue weighted by molar-refractivity contribution is -0.117. The molecule has 0 saturated carbocycles. The van der Waals surface area contributed by atoms with Crippen LogP contribution in [0, 0.1) is 19.7 Å². The zero-order chi connectivity index (χ0) is 18.4. The van der Waals surface area contributed by atoms with Crippen LogP contribution in [0.25, 0.3) is 10.9 Å². The third-order valence-electron chi connectivity index (χ3n) is 4.71. The molecule has 134 valence electrons. The lowest BCUT2D eigenvalue weighted by Crippen LogP contribution is -2.34. The first-order chi connectivity index (χ1) is 12.4. The molecule has 26 heavy (non-hydrogen) atoms. The maximum absolute atomic E-state index is 14.1. The first kappa shape index (κ1) is 16.5. The summed E-state index contributed by atoms with van der Waals surface area (Å²) in [6, 6.07) is 8.26. The highest BCUT2D eigenvalue weighted by molar-refractivity contribution is 6.02. The van der Waals surface area contributed by atoms with Gasteiger partial charge in [-0.2, -0.15) is 5.10 Å². The van der Waals surface area contributed by atoms with Gasteiger partial charge in [-0.25, -0.2) is 9.37 Å². The molecule has 3 aromatic rings. The van der Waals surface area contributed by atoms with Crippen LogP contribution in [0.2, 0.25) is 0 Å². The van der Waals surface area contributed by atoms with E-state index in [0.29, 0.717) is 29.6 Å². The van der Waals surface area contributed by atoms with Crippen LogP contribution >= 0.6 is 0 Å². The summed E-state index contributed by atoms with van der Waals surface area (Å²) in [5, 5.41) is 8.29. The monoisotopic (exact) mass is 353 g/mol. The lowest BCUT2D eigenvalue weighted by atomic mass is 10.1. The van der Waals surface area contributed by atoms with E-state index in [1.165, 1.54) is 6.07 Å². The average Bonchev–Trinajstić information content (AvgIpc) is 3.10. The van der Waals surface area contributed by atoms with E-state index in [-0.39, 0.29) is 17.8 Å². The number of carbonyl (C=O) groups is 1. The molecular weight excluding hydrogens is 333 g/mol. The van der Waals surface area contributed by atoms with Gasteiger partial charge in [-0.1, -0.05) is 12.1 Å². The Morgan fingerprint density at radius 2 is 2.04 bits per heavy atom. The molecule has 0 radical (unpaired) electrons. The summed E-state index contributed by atoms with van der Waals surface area (Å²) >= 11 is 0. The number of anilines is 2. The van der Waals surface area contributed by atoms with Crippen LogP contribution in [0.3, 0.4) is 0 Å². The number of hydrogen-bond donors (Lipinski definition) is 1. The predicted molar refractivity (Wildman–Crippen MR) is 98.8 cm³/mol. The number of aromatic nitrogens is 3. The van der Waals surface area contributed by atoms with Crippen LogP contribution in [-0.4, -0.2) is 33.3 Å². The number of fused-ring (bicyclic) bond motifs is 1. The van der Waals surface area contributed by atoms with Gasteiger partial charge in [-0.15, -0.1) is 0 Å². The van der Waals surface area contributed by atoms with Crippen molar-refractivity contribution in [3.8, 4) is 0 Å². The van der Waals surface area contributed by atoms with Crippen LogP contribution in [0.15, 0.2) is 30.3 Å². The van der Waals surface area contributed by atoms with Gasteiger partial charge in [0, 0.05) is 36.4 Å². The van der Waals surface area contributed by atoms with E-state index in [1.54, 1.807) is 15.6 Å². The molecule has 0 aliphatic carbocycles. The van der Waals surface area contributed by atoms with E-state index >= 15 is 0 Å². The van der Waals surface area contributed by atoms with Gasteiger partial charge in [-0.3, -0.25) is 14.4 Å². The number of carbonyl (C=O) groups excluding carboxylic acids is 1. The minimum absolute atomic E-state index is 0.00739. The lowest BCUT2D eigenvalue weighted by Gasteiger charge is -2.18. The molecule has 7 heteroatoms. The molecule has 1 N–H and O–H groups in total. The van der Waals surface area contributed by atoms with E-state index in [9.17, 15) is 9.18 Å². The molecule has 1 amide bonds. The third kappa shape index (κ3) is 2.69. The molecule has 1 aromatic carbocycles. The summed E-state index contributed by atoms with van der Waals surface area (Å²) in [5.74, 6) is 0.421. The van der Waals surface area contributed by atoms with Crippen LogP contribution < -0.4 is 10.2 Å². The molecule has 3 heterocycles. The van der Waals surface area contributed by atoms with Gasteiger partial charge in [0.05, 0.1) is 5.69 Å². The number of nitrogens with zero attached hydrogens (tertiary/aromatic N) is 4. The van der Waals surface area contributed by atoms with Gasteiger partial charge in [0.25, 0.3) is 5.91 Å². The summed E-state index contributed by atoms with van der Waals surface area (Å²) < 4.78 is 15.8. The number of para-hydroxylation sites is 1. The van der Waals surface area contributed by atoms with E-state index < -0.39 is 0 Å². The zero-order valence-corrected chi connectivity index (χ0v) is 15.0. The maximum Gasteiger partial charge on any atom is 0.250 e. The summed E-state index contributed by atoms with van der Waals surface area (Å²) in [6.45, 7) is 4.34. The number of pyridine rings is 1. The van der Waals surface area contributed by atoms with Gasteiger partial charge < -0.3 is 5.32 Å². The molecule has 1 atom stereocenters. The van der Waals surface area contributed by atoms with Crippen LogP contribution in [-0.2, 0) is 11.8 Å². The van der Waals surface area contributed by atoms with Crippen molar-refractivity contribution in [1.82, 2.24) is 14.8 Å². The number of nitrogens with one attached hydrogen (secondary N) is 1. The largest absolute Gasteiger partial charge is 0.373 e. The number of amides is 1. The number of halogens is 1. The second kappa shape index (κ2) is 6.09. The van der Waals surface area contributed by atoms with Crippen molar-refractivity contribution in [3.05, 3.63) is 47.5 Å². The van der Waals surface area contributed by atoms with E-state index in [0.717, 1.165) is 17.2 Å². The fourth-order valence-electron chi connectivity index (χ4n) is 3.54. The number of hydrogen-bond acceptors (Lipinski definition) is 4. The Balaban J connectivity index is 1.65. The molecule has 1 fully saturated rings. The summed E-state index contributed by atoms with van der Waals surface area (Å²) in [7, 11) is 1.83. The van der Waals surface area contributed by atoms with Crippen molar-refractivity contribution in [2.75, 3.05) is 16.8 Å². The second-order valence-corrected chi connectivity index (χ2v) is 6.69. The Hall–Kier alpha value is -2.96. The fraction of sp³-hybridized carbons (Fsp3) is 0.316. The van der Waals surface area contributed by atoms with Crippen molar-refractivity contribution in [2.24, 2.45) is 7.05 Å². The Labute approximate surface area is 150 Å². The predicted octanol–water partition coefficient (Wildman–Crippen LogP) is 2.94. The van der Waals surface area contributed by atoms with Gasteiger partial charge in [0.1, 0.15) is 23.2 Å². The summed E-state index contributed by atoms with van der Waals surface area (Å²) in [4.78, 5) is 18.9. The summed E-state index contributed by atoms with van der Waals surface area (Å²) in [5.41, 5.74) is 2.63. The molecule has 1 aliphatic heterocycles. The molecule has 4 rings (SSSR count). The van der Waals surface area contributed by atoms with Crippen molar-refractivity contribution in [3.63, 3.8) is 0 Å². The maximum atomic E-state index is 14.1. The van der Waals surface area contributed by atoms with Crippen molar-refractivity contribution in [2.45, 2.75) is 26.3 Å². The molecule has 0 spiro atoms. The molecule has 0 bridgehead atoms. The average molecular weight is 353 g/mol. The van der Waals surface area contributed by atoms with Crippen LogP contribution in [0.4, 0.5) is 15.9 Å². The van der Waals surface area contributed by atoms with Gasteiger partial charge in [0.15, 0.2) is 0 Å². The smallest absolute Gasteiger partial charge is 0.250 e. The first-order valence-corrected chi connectivity index (χ1v) is 8.58. The highest BCUT2D eigenvalue weighted by atomic mass is 19.1. The normalized spacial score (nSPS) is 17.3. The number of aryl methyl sites for hydroxylation is 3. The Bertz CT molecular complexity index is 1010. The minimum Gasteiger partial charge on any atom is -0.373 e. The highest BCUT2D eigenvalue weighted by Crippen LogP contribution is 2.29. The molecule has 2 aromatic heterocycles. The molecule has 1 unspecified atom stereocenters. The van der Waals surface area contributed by atoms with Gasteiger partial charge >= 0.3 is 0 Å². The van der Waals surface area contributed by atoms with E-state index in [4.69, 9.17) is 0 Å². The molecule has 6 nitrogen and oxygen atoms in total. The Kier molecular flexibility index (Phi) is 3.86. The highest BCUT2D eigenvalue weighted by Gasteiger charge is 2.34. The third-order valence-corrected chi connectivity index (χ3v) is 4.71. The van der Waals surface area contributed by atoms with Crippen LogP contribution in [0.5, 0.6) is 0 Å². The first-order valence-electron chi connectivity index (χ1n) is 8.58. The number of benzene rings is 1. The van der Waals surface area contributed by atoms with Crippen molar-refractivity contribution < 1.29 is 9.18 Å². The molecule has 1 aliphatic rings. The van der Waals surface area contributed by atoms with Crippen molar-refractivity contribution in [1.29, 1.82) is 0 Å². The van der Waals surface area contributed by atoms with E-state index in [2.05, 4.69) is 15.4 Å². The van der Waals surface area contributed by atoms with Gasteiger partial charge in [-0.05, 0) is 32.4 Å². The quantitative estimate of drug-likeness (QED) is 0.786. The molecule has 1 saturated heterocycles. The SMILES string of the molecule is Cc1cc(NC2CCN(c3cc(C)nn3C)C2=O)c2cccc(F)c2n1. The topological polar surface area (TPSA) is 63.1 Å². The van der Waals surface area contributed by atoms with E-state index in [1.807, 2.05) is 39.1 Å². The van der Waals surface area contributed by atoms with Crippen LogP contribution in [0.1, 0.15) is 17.8 Å². The van der Waals surface area contributed by atoms with Crippen molar-refractivity contribution >= 4 is 28.3 Å². The fourth-order valence-corrected chi connectivity index (χ4v) is 3.54. The number of rotatable bonds is 3.